The molecule has 0 bridgehead atoms. The van der Waals surface area contributed by atoms with E-state index in [4.69, 9.17) is 9.47 Å². The van der Waals surface area contributed by atoms with Crippen molar-refractivity contribution in [3.63, 3.8) is 0 Å². The van der Waals surface area contributed by atoms with Gasteiger partial charge in [0, 0.05) is 25.9 Å². The molecule has 4 nitrogen and oxygen atoms in total. The molecule has 1 saturated heterocycles. The number of hydrogen-bond donors (Lipinski definition) is 1. The van der Waals surface area contributed by atoms with E-state index in [0.717, 1.165) is 24.1 Å². The molecule has 0 atom stereocenters. The molecule has 0 saturated carbocycles. The van der Waals surface area contributed by atoms with E-state index >= 15 is 0 Å². The molecule has 0 aliphatic carbocycles. The maximum atomic E-state index is 13.3. The molecule has 2 aromatic rings. The number of ether oxygens (including phenoxy) is 2. The van der Waals surface area contributed by atoms with Gasteiger partial charge in [0.05, 0.1) is 26.2 Å². The number of carbonyl (C=O) groups excluding carboxylic acids is 1. The van der Waals surface area contributed by atoms with Crippen LogP contribution >= 0.6 is 0 Å². The summed E-state index contributed by atoms with van der Waals surface area (Å²) < 4.78 is 11.9. The number of rotatable bonds is 9. The van der Waals surface area contributed by atoms with Crippen LogP contribution in [0.5, 0.6) is 0 Å². The Morgan fingerprint density at radius 3 is 2.04 bits per heavy atom. The van der Waals surface area contributed by atoms with Gasteiger partial charge in [0.2, 0.25) is 5.60 Å². The van der Waals surface area contributed by atoms with Crippen LogP contribution in [0.2, 0.25) is 0 Å². The van der Waals surface area contributed by atoms with Crippen molar-refractivity contribution in [2.45, 2.75) is 31.8 Å². The third-order valence-electron chi connectivity index (χ3n) is 5.23. The average Bonchev–Trinajstić information content (AvgIpc) is 3.24. The summed E-state index contributed by atoms with van der Waals surface area (Å²) in [4.78, 5) is 14.9. The van der Waals surface area contributed by atoms with E-state index in [1.807, 2.05) is 67.6 Å². The highest BCUT2D eigenvalue weighted by Crippen LogP contribution is 2.35. The SMILES string of the molecule is CCOC(C(=O)OCCC[NH+]1CCCC1)(c1ccccc1)c1ccccc1. The van der Waals surface area contributed by atoms with Crippen LogP contribution in [-0.2, 0) is 19.9 Å². The lowest BCUT2D eigenvalue weighted by Gasteiger charge is -2.32. The second-order valence-electron chi connectivity index (χ2n) is 7.04. The zero-order chi connectivity index (χ0) is 19.0. The normalized spacial score (nSPS) is 15.0. The van der Waals surface area contributed by atoms with E-state index in [1.54, 1.807) is 4.90 Å². The Morgan fingerprint density at radius 1 is 0.963 bits per heavy atom. The zero-order valence-corrected chi connectivity index (χ0v) is 16.2. The lowest BCUT2D eigenvalue weighted by Crippen LogP contribution is -3.10. The van der Waals surface area contributed by atoms with Crippen molar-refractivity contribution >= 4 is 5.97 Å². The van der Waals surface area contributed by atoms with Gasteiger partial charge < -0.3 is 14.4 Å². The molecule has 0 radical (unpaired) electrons. The van der Waals surface area contributed by atoms with Gasteiger partial charge >= 0.3 is 5.97 Å². The molecule has 27 heavy (non-hydrogen) atoms. The number of nitrogens with one attached hydrogen (secondary N) is 1. The summed E-state index contributed by atoms with van der Waals surface area (Å²) in [5, 5.41) is 0. The Morgan fingerprint density at radius 2 is 1.52 bits per heavy atom. The van der Waals surface area contributed by atoms with Gasteiger partial charge in [0.25, 0.3) is 0 Å². The van der Waals surface area contributed by atoms with E-state index in [0.29, 0.717) is 13.2 Å². The highest BCUT2D eigenvalue weighted by atomic mass is 16.6. The van der Waals surface area contributed by atoms with Gasteiger partial charge in [-0.1, -0.05) is 60.7 Å². The van der Waals surface area contributed by atoms with E-state index in [-0.39, 0.29) is 5.97 Å². The van der Waals surface area contributed by atoms with Crippen molar-refractivity contribution < 1.29 is 19.2 Å². The Hall–Kier alpha value is -2.17. The highest BCUT2D eigenvalue weighted by molar-refractivity contribution is 5.85. The number of likely N-dealkylation sites (tertiary alicyclic amines) is 1. The van der Waals surface area contributed by atoms with Gasteiger partial charge in [-0.2, -0.15) is 0 Å². The van der Waals surface area contributed by atoms with Crippen molar-refractivity contribution in [3.05, 3.63) is 71.8 Å². The number of quaternary nitrogens is 1. The van der Waals surface area contributed by atoms with Crippen LogP contribution in [0, 0.1) is 0 Å². The van der Waals surface area contributed by atoms with Gasteiger partial charge in [0.1, 0.15) is 0 Å². The van der Waals surface area contributed by atoms with E-state index in [1.165, 1.54) is 25.9 Å². The molecule has 3 rings (SSSR count). The number of esters is 1. The maximum absolute atomic E-state index is 13.3. The topological polar surface area (TPSA) is 40.0 Å². The minimum absolute atomic E-state index is 0.335. The van der Waals surface area contributed by atoms with Crippen LogP contribution in [0.3, 0.4) is 0 Å². The summed E-state index contributed by atoms with van der Waals surface area (Å²) in [7, 11) is 0. The predicted molar refractivity (Wildman–Crippen MR) is 106 cm³/mol. The summed E-state index contributed by atoms with van der Waals surface area (Å²) in [5.41, 5.74) is 0.374. The summed E-state index contributed by atoms with van der Waals surface area (Å²) in [5.74, 6) is -0.335. The Balaban J connectivity index is 1.79. The van der Waals surface area contributed by atoms with Crippen molar-refractivity contribution in [1.29, 1.82) is 0 Å². The maximum Gasteiger partial charge on any atom is 0.347 e. The van der Waals surface area contributed by atoms with Crippen molar-refractivity contribution in [2.75, 3.05) is 32.8 Å². The first-order chi connectivity index (χ1) is 13.3. The minimum Gasteiger partial charge on any atom is -0.463 e. The van der Waals surface area contributed by atoms with Crippen LogP contribution in [0.4, 0.5) is 0 Å². The molecule has 2 aromatic carbocycles. The monoisotopic (exact) mass is 368 g/mol. The smallest absolute Gasteiger partial charge is 0.347 e. The minimum atomic E-state index is -1.22. The molecule has 1 aliphatic rings. The third kappa shape index (κ3) is 4.57. The molecule has 1 heterocycles. The first-order valence-corrected chi connectivity index (χ1v) is 10.0. The second-order valence-corrected chi connectivity index (χ2v) is 7.04. The zero-order valence-electron chi connectivity index (χ0n) is 16.2. The predicted octanol–water partition coefficient (Wildman–Crippen LogP) is 2.58. The Kier molecular flexibility index (Phi) is 7.02. The van der Waals surface area contributed by atoms with Crippen LogP contribution in [-0.4, -0.2) is 38.8 Å². The van der Waals surface area contributed by atoms with E-state index in [2.05, 4.69) is 0 Å². The quantitative estimate of drug-likeness (QED) is 0.546. The molecular weight excluding hydrogens is 338 g/mol. The van der Waals surface area contributed by atoms with E-state index < -0.39 is 5.60 Å². The number of benzene rings is 2. The fourth-order valence-electron chi connectivity index (χ4n) is 3.90. The van der Waals surface area contributed by atoms with Crippen LogP contribution in [0.25, 0.3) is 0 Å². The van der Waals surface area contributed by atoms with Crippen molar-refractivity contribution in [1.82, 2.24) is 0 Å². The van der Waals surface area contributed by atoms with Crippen LogP contribution in [0.1, 0.15) is 37.3 Å². The fourth-order valence-corrected chi connectivity index (χ4v) is 3.90. The standard InChI is InChI=1S/C23H29NO3/c1-2-27-23(20-12-5-3-6-13-20,21-14-7-4-8-15-21)22(25)26-19-11-18-24-16-9-10-17-24/h3-8,12-15H,2,9-11,16-19H2,1H3/p+1. The average molecular weight is 368 g/mol. The summed E-state index contributed by atoms with van der Waals surface area (Å²) in [6.45, 7) is 6.29. The molecule has 4 heteroatoms. The Labute approximate surface area is 162 Å². The van der Waals surface area contributed by atoms with Crippen molar-refractivity contribution in [2.24, 2.45) is 0 Å². The summed E-state index contributed by atoms with van der Waals surface area (Å²) >= 11 is 0. The number of carbonyl (C=O) groups is 1. The molecule has 0 unspecified atom stereocenters. The molecule has 1 aliphatic heterocycles. The lowest BCUT2D eigenvalue weighted by atomic mass is 9.86. The van der Waals surface area contributed by atoms with Gasteiger partial charge in [-0.3, -0.25) is 0 Å². The van der Waals surface area contributed by atoms with Gasteiger partial charge in [-0.15, -0.1) is 0 Å². The van der Waals surface area contributed by atoms with Crippen LogP contribution in [0.15, 0.2) is 60.7 Å². The molecule has 0 amide bonds. The molecule has 0 spiro atoms. The second kappa shape index (κ2) is 9.67. The third-order valence-corrected chi connectivity index (χ3v) is 5.23. The van der Waals surface area contributed by atoms with Crippen LogP contribution < -0.4 is 4.90 Å². The van der Waals surface area contributed by atoms with Crippen molar-refractivity contribution in [3.8, 4) is 0 Å². The van der Waals surface area contributed by atoms with Gasteiger partial charge in [-0.05, 0) is 18.1 Å². The van der Waals surface area contributed by atoms with Gasteiger partial charge in [0.15, 0.2) is 0 Å². The molecule has 1 N–H and O–H groups in total. The first kappa shape index (κ1) is 19.6. The fraction of sp³-hybridized carbons (Fsp3) is 0.435. The largest absolute Gasteiger partial charge is 0.463 e. The molecule has 1 fully saturated rings. The molecular formula is C23H30NO3+. The lowest BCUT2D eigenvalue weighted by molar-refractivity contribution is -0.887. The summed E-state index contributed by atoms with van der Waals surface area (Å²) in [6.07, 6.45) is 3.50. The van der Waals surface area contributed by atoms with Gasteiger partial charge in [-0.25, -0.2) is 4.79 Å². The number of hydrogen-bond acceptors (Lipinski definition) is 3. The first-order valence-electron chi connectivity index (χ1n) is 10.0. The molecule has 144 valence electrons. The Bertz CT molecular complexity index is 657. The molecule has 0 aromatic heterocycles. The highest BCUT2D eigenvalue weighted by Gasteiger charge is 2.44. The van der Waals surface area contributed by atoms with E-state index in [9.17, 15) is 4.79 Å². The summed E-state index contributed by atoms with van der Waals surface area (Å²) in [6, 6.07) is 19.3.